The number of aromatic nitrogens is 2. The molecule has 3 aromatic rings. The van der Waals surface area contributed by atoms with Gasteiger partial charge in [-0.2, -0.15) is 0 Å². The van der Waals surface area contributed by atoms with Gasteiger partial charge in [-0.25, -0.2) is 9.97 Å². The third-order valence-corrected chi connectivity index (χ3v) is 3.27. The van der Waals surface area contributed by atoms with Crippen molar-refractivity contribution >= 4 is 32.4 Å². The van der Waals surface area contributed by atoms with E-state index in [0.717, 1.165) is 4.47 Å². The van der Waals surface area contributed by atoms with Crippen LogP contribution in [0.4, 0.5) is 5.69 Å². The van der Waals surface area contributed by atoms with Crippen molar-refractivity contribution in [2.45, 2.75) is 0 Å². The molecule has 0 aliphatic rings. The second-order valence-electron chi connectivity index (χ2n) is 4.17. The van der Waals surface area contributed by atoms with Gasteiger partial charge < -0.3 is 4.74 Å². The molecule has 0 aliphatic carbocycles. The number of hydrogen-bond donors (Lipinski definition) is 0. The van der Waals surface area contributed by atoms with Gasteiger partial charge in [-0.3, -0.25) is 10.1 Å². The highest BCUT2D eigenvalue weighted by Gasteiger charge is 2.15. The Hall–Kier alpha value is -2.54. The summed E-state index contributed by atoms with van der Waals surface area (Å²) >= 11 is 3.24. The van der Waals surface area contributed by atoms with Crippen LogP contribution in [0.3, 0.4) is 0 Å². The largest absolute Gasteiger partial charge is 0.424 e. The molecular formula is C14H8BrN3O3. The molecule has 104 valence electrons. The van der Waals surface area contributed by atoms with Crippen LogP contribution in [0, 0.1) is 10.1 Å². The SMILES string of the molecule is O=[N+]([O-])c1ccc(Oc2ncc(Br)cn2)c2ccccc12. The molecule has 2 aromatic carbocycles. The molecule has 0 atom stereocenters. The van der Waals surface area contributed by atoms with Gasteiger partial charge >= 0.3 is 6.01 Å². The number of nitrogens with zero attached hydrogens (tertiary/aromatic N) is 3. The highest BCUT2D eigenvalue weighted by Crippen LogP contribution is 2.34. The Labute approximate surface area is 127 Å². The minimum Gasteiger partial charge on any atom is -0.424 e. The Morgan fingerprint density at radius 3 is 2.38 bits per heavy atom. The lowest BCUT2D eigenvalue weighted by Crippen LogP contribution is -1.94. The van der Waals surface area contributed by atoms with Gasteiger partial charge in [0, 0.05) is 23.8 Å². The lowest BCUT2D eigenvalue weighted by atomic mass is 10.1. The monoisotopic (exact) mass is 345 g/mol. The summed E-state index contributed by atoms with van der Waals surface area (Å²) in [5.41, 5.74) is 0.0367. The summed E-state index contributed by atoms with van der Waals surface area (Å²) in [7, 11) is 0. The molecule has 0 saturated heterocycles. The van der Waals surface area contributed by atoms with Crippen LogP contribution in [0.5, 0.6) is 11.8 Å². The molecule has 0 bridgehead atoms. The predicted molar refractivity (Wildman–Crippen MR) is 80.4 cm³/mol. The Bertz CT molecular complexity index is 821. The average molecular weight is 346 g/mol. The molecule has 21 heavy (non-hydrogen) atoms. The minimum atomic E-state index is -0.414. The van der Waals surface area contributed by atoms with Gasteiger partial charge in [-0.1, -0.05) is 18.2 Å². The van der Waals surface area contributed by atoms with Crippen molar-refractivity contribution in [2.24, 2.45) is 0 Å². The van der Waals surface area contributed by atoms with E-state index in [4.69, 9.17) is 4.74 Å². The first kappa shape index (κ1) is 13.4. The van der Waals surface area contributed by atoms with E-state index in [1.54, 1.807) is 42.7 Å². The van der Waals surface area contributed by atoms with Crippen LogP contribution in [0.15, 0.2) is 53.3 Å². The van der Waals surface area contributed by atoms with Crippen LogP contribution in [0.25, 0.3) is 10.8 Å². The second kappa shape index (κ2) is 5.45. The van der Waals surface area contributed by atoms with E-state index in [-0.39, 0.29) is 11.7 Å². The highest BCUT2D eigenvalue weighted by molar-refractivity contribution is 9.10. The summed E-state index contributed by atoms with van der Waals surface area (Å²) in [5.74, 6) is 0.471. The third-order valence-electron chi connectivity index (χ3n) is 2.86. The lowest BCUT2D eigenvalue weighted by Gasteiger charge is -2.07. The van der Waals surface area contributed by atoms with Gasteiger partial charge in [-0.15, -0.1) is 0 Å². The topological polar surface area (TPSA) is 78.2 Å². The second-order valence-corrected chi connectivity index (χ2v) is 5.09. The molecule has 0 aliphatic heterocycles. The number of non-ortho nitro benzene ring substituents is 1. The van der Waals surface area contributed by atoms with E-state index in [2.05, 4.69) is 25.9 Å². The van der Waals surface area contributed by atoms with Gasteiger partial charge in [0.15, 0.2) is 0 Å². The van der Waals surface area contributed by atoms with E-state index in [0.29, 0.717) is 16.5 Å². The van der Waals surface area contributed by atoms with Gasteiger partial charge in [0.05, 0.1) is 14.8 Å². The zero-order chi connectivity index (χ0) is 14.8. The highest BCUT2D eigenvalue weighted by atomic mass is 79.9. The first-order valence-electron chi connectivity index (χ1n) is 5.96. The molecule has 0 N–H and O–H groups in total. The van der Waals surface area contributed by atoms with Crippen LogP contribution in [-0.4, -0.2) is 14.9 Å². The molecule has 1 aromatic heterocycles. The number of fused-ring (bicyclic) bond motifs is 1. The molecule has 6 nitrogen and oxygen atoms in total. The molecule has 3 rings (SSSR count). The van der Waals surface area contributed by atoms with Crippen LogP contribution in [0.2, 0.25) is 0 Å². The first-order chi connectivity index (χ1) is 10.1. The fourth-order valence-electron chi connectivity index (χ4n) is 1.96. The average Bonchev–Trinajstić information content (AvgIpc) is 2.49. The van der Waals surface area contributed by atoms with Crippen molar-refractivity contribution in [3.8, 4) is 11.8 Å². The van der Waals surface area contributed by atoms with Crippen LogP contribution in [-0.2, 0) is 0 Å². The zero-order valence-corrected chi connectivity index (χ0v) is 12.1. The van der Waals surface area contributed by atoms with Gasteiger partial charge in [0.2, 0.25) is 0 Å². The van der Waals surface area contributed by atoms with Crippen molar-refractivity contribution in [3.05, 3.63) is 63.4 Å². The van der Waals surface area contributed by atoms with Crippen molar-refractivity contribution in [1.82, 2.24) is 9.97 Å². The van der Waals surface area contributed by atoms with E-state index in [1.165, 1.54) is 6.07 Å². The summed E-state index contributed by atoms with van der Waals surface area (Å²) in [4.78, 5) is 18.7. The minimum absolute atomic E-state index is 0.0367. The number of nitro groups is 1. The molecule has 0 spiro atoms. The Kier molecular flexibility index (Phi) is 3.49. The smallest absolute Gasteiger partial charge is 0.321 e. The molecule has 0 unspecified atom stereocenters. The quantitative estimate of drug-likeness (QED) is 0.527. The summed E-state index contributed by atoms with van der Waals surface area (Å²) in [6.07, 6.45) is 3.13. The van der Waals surface area contributed by atoms with Crippen molar-refractivity contribution in [3.63, 3.8) is 0 Å². The number of benzene rings is 2. The third kappa shape index (κ3) is 2.68. The number of ether oxygens (including phenoxy) is 1. The van der Waals surface area contributed by atoms with Crippen molar-refractivity contribution in [2.75, 3.05) is 0 Å². The fourth-order valence-corrected chi connectivity index (χ4v) is 2.16. The normalized spacial score (nSPS) is 10.5. The number of hydrogen-bond acceptors (Lipinski definition) is 5. The van der Waals surface area contributed by atoms with E-state index < -0.39 is 4.92 Å². The van der Waals surface area contributed by atoms with Crippen molar-refractivity contribution in [1.29, 1.82) is 0 Å². The van der Waals surface area contributed by atoms with Crippen LogP contribution in [0.1, 0.15) is 0 Å². The molecule has 1 heterocycles. The Morgan fingerprint density at radius 2 is 1.71 bits per heavy atom. The molecule has 0 amide bonds. The van der Waals surface area contributed by atoms with E-state index in [1.807, 2.05) is 0 Å². The van der Waals surface area contributed by atoms with Crippen molar-refractivity contribution < 1.29 is 9.66 Å². The molecule has 0 saturated carbocycles. The Morgan fingerprint density at radius 1 is 1.05 bits per heavy atom. The standard InChI is InChI=1S/C14H8BrN3O3/c15-9-7-16-14(17-8-9)21-13-6-5-12(18(19)20)10-3-1-2-4-11(10)13/h1-8H. The fraction of sp³-hybridized carbons (Fsp3) is 0. The zero-order valence-electron chi connectivity index (χ0n) is 10.6. The van der Waals surface area contributed by atoms with Gasteiger partial charge in [0.1, 0.15) is 5.75 Å². The number of halogens is 1. The maximum absolute atomic E-state index is 11.1. The van der Waals surface area contributed by atoms with Crippen LogP contribution >= 0.6 is 15.9 Å². The van der Waals surface area contributed by atoms with E-state index in [9.17, 15) is 10.1 Å². The summed E-state index contributed by atoms with van der Waals surface area (Å²) in [6.45, 7) is 0. The first-order valence-corrected chi connectivity index (χ1v) is 6.76. The Balaban J connectivity index is 2.09. The predicted octanol–water partition coefficient (Wildman–Crippen LogP) is 4.09. The maximum atomic E-state index is 11.1. The van der Waals surface area contributed by atoms with E-state index >= 15 is 0 Å². The van der Waals surface area contributed by atoms with Gasteiger partial charge in [-0.05, 0) is 28.1 Å². The molecule has 7 heteroatoms. The molecular weight excluding hydrogens is 338 g/mol. The summed E-state index contributed by atoms with van der Waals surface area (Å²) in [5, 5.41) is 12.2. The summed E-state index contributed by atoms with van der Waals surface area (Å²) < 4.78 is 6.35. The van der Waals surface area contributed by atoms with Crippen LogP contribution < -0.4 is 4.74 Å². The molecule has 0 radical (unpaired) electrons. The maximum Gasteiger partial charge on any atom is 0.321 e. The summed E-state index contributed by atoms with van der Waals surface area (Å²) in [6, 6.07) is 10.1. The number of nitro benzene ring substituents is 1. The lowest BCUT2D eigenvalue weighted by molar-refractivity contribution is -0.383. The van der Waals surface area contributed by atoms with Gasteiger partial charge in [0.25, 0.3) is 5.69 Å². The number of rotatable bonds is 3. The molecule has 0 fully saturated rings.